The quantitative estimate of drug-likeness (QED) is 0.383. The lowest BCUT2D eigenvalue weighted by Crippen LogP contribution is -2.68. The van der Waals surface area contributed by atoms with E-state index >= 15 is 0 Å². The van der Waals surface area contributed by atoms with Crippen LogP contribution >= 0.6 is 0 Å². The van der Waals surface area contributed by atoms with Crippen LogP contribution in [0.1, 0.15) is 60.3 Å². The summed E-state index contributed by atoms with van der Waals surface area (Å²) in [5.74, 6) is -3.45. The van der Waals surface area contributed by atoms with E-state index in [9.17, 15) is 24.3 Å². The minimum Gasteiger partial charge on any atom is -0.468 e. The van der Waals surface area contributed by atoms with Gasteiger partial charge in [-0.05, 0) is 56.8 Å². The summed E-state index contributed by atoms with van der Waals surface area (Å²) in [5, 5.41) is 11.3. The molecule has 3 aliphatic carbocycles. The van der Waals surface area contributed by atoms with Crippen LogP contribution in [0.4, 0.5) is 0 Å². The number of carbonyl (C=O) groups is 4. The van der Waals surface area contributed by atoms with Crippen LogP contribution < -0.4 is 0 Å². The second-order valence-electron chi connectivity index (χ2n) is 10.2. The van der Waals surface area contributed by atoms with Crippen molar-refractivity contribution in [2.45, 2.75) is 72.5 Å². The Hall–Kier alpha value is -2.22. The molecule has 0 aliphatic heterocycles. The number of aliphatic hydroxyl groups is 1. The van der Waals surface area contributed by atoms with Gasteiger partial charge in [0, 0.05) is 24.8 Å². The molecule has 33 heavy (non-hydrogen) atoms. The third-order valence-electron chi connectivity index (χ3n) is 8.56. The average molecular weight is 465 g/mol. The van der Waals surface area contributed by atoms with Crippen molar-refractivity contribution in [1.82, 2.24) is 0 Å². The second kappa shape index (κ2) is 9.20. The van der Waals surface area contributed by atoms with Gasteiger partial charge in [-0.2, -0.15) is 0 Å². The molecular formula is C25H36O8. The maximum absolute atomic E-state index is 13.8. The Labute approximate surface area is 195 Å². The van der Waals surface area contributed by atoms with Crippen LogP contribution in [0.3, 0.4) is 0 Å². The minimum atomic E-state index is -1.40. The number of aliphatic hydroxyl groups excluding tert-OH is 1. The van der Waals surface area contributed by atoms with Crippen LogP contribution in [0.2, 0.25) is 0 Å². The Morgan fingerprint density at radius 1 is 1.21 bits per heavy atom. The molecular weight excluding hydrogens is 428 g/mol. The molecule has 3 saturated carbocycles. The first-order chi connectivity index (χ1) is 15.4. The van der Waals surface area contributed by atoms with Gasteiger partial charge in [-0.3, -0.25) is 14.4 Å². The molecule has 1 unspecified atom stereocenters. The van der Waals surface area contributed by atoms with Gasteiger partial charge >= 0.3 is 17.9 Å². The normalized spacial score (nSPS) is 41.5. The van der Waals surface area contributed by atoms with Crippen LogP contribution in [0.25, 0.3) is 0 Å². The van der Waals surface area contributed by atoms with Crippen molar-refractivity contribution in [1.29, 1.82) is 0 Å². The Morgan fingerprint density at radius 3 is 2.45 bits per heavy atom. The topological polar surface area (TPSA) is 116 Å². The van der Waals surface area contributed by atoms with E-state index in [1.165, 1.54) is 20.1 Å². The monoisotopic (exact) mass is 464 g/mol. The predicted octanol–water partition coefficient (Wildman–Crippen LogP) is 2.61. The van der Waals surface area contributed by atoms with Gasteiger partial charge in [-0.25, -0.2) is 4.79 Å². The number of esters is 3. The molecule has 0 amide bonds. The van der Waals surface area contributed by atoms with Gasteiger partial charge in [0.1, 0.15) is 17.6 Å². The van der Waals surface area contributed by atoms with Crippen LogP contribution in [0.5, 0.6) is 0 Å². The highest BCUT2D eigenvalue weighted by atomic mass is 16.6. The highest BCUT2D eigenvalue weighted by Gasteiger charge is 2.69. The van der Waals surface area contributed by atoms with Crippen molar-refractivity contribution in [2.24, 2.45) is 34.5 Å². The van der Waals surface area contributed by atoms with Crippen molar-refractivity contribution in [2.75, 3.05) is 13.7 Å². The van der Waals surface area contributed by atoms with Crippen molar-refractivity contribution in [3.05, 3.63) is 11.6 Å². The zero-order chi connectivity index (χ0) is 24.7. The number of rotatable bonds is 4. The zero-order valence-electron chi connectivity index (χ0n) is 20.4. The van der Waals surface area contributed by atoms with E-state index in [1.54, 1.807) is 13.8 Å². The van der Waals surface area contributed by atoms with Gasteiger partial charge < -0.3 is 19.3 Å². The Balaban J connectivity index is 2.04. The van der Waals surface area contributed by atoms with E-state index in [4.69, 9.17) is 14.2 Å². The van der Waals surface area contributed by atoms with E-state index in [0.717, 1.165) is 5.57 Å². The van der Waals surface area contributed by atoms with Crippen LogP contribution in [-0.4, -0.2) is 54.7 Å². The lowest BCUT2D eigenvalue weighted by molar-refractivity contribution is -0.215. The van der Waals surface area contributed by atoms with Gasteiger partial charge in [0.05, 0.1) is 13.7 Å². The molecule has 8 nitrogen and oxygen atoms in total. The molecule has 0 spiro atoms. The van der Waals surface area contributed by atoms with Gasteiger partial charge in [0.2, 0.25) is 0 Å². The summed E-state index contributed by atoms with van der Waals surface area (Å²) >= 11 is 0. The van der Waals surface area contributed by atoms with Crippen LogP contribution in [0, 0.1) is 34.5 Å². The number of allylic oxidation sites excluding steroid dienone is 1. The molecule has 8 heteroatoms. The fourth-order valence-corrected chi connectivity index (χ4v) is 7.13. The molecule has 0 heterocycles. The number of hydrogen-bond acceptors (Lipinski definition) is 8. The standard InChI is InChI=1S/C25H36O8/c1-7-32-18(27)12-15-8-9-16-19(13(15)2)20(28)21(29)22-24(16,4)11-10-17(33-14(3)26)25(22,5)23(30)31-6/h12-13,16-17,19-20,22,28H,7-11H2,1-6H3/b15-12+/t13-,16-,17-,19-,20+,22?,24+,25-/m0/s1. The van der Waals surface area contributed by atoms with Crippen molar-refractivity contribution in [3.8, 4) is 0 Å². The van der Waals surface area contributed by atoms with Crippen molar-refractivity contribution < 1.29 is 38.5 Å². The molecule has 0 aromatic carbocycles. The maximum atomic E-state index is 13.8. The number of ketones is 1. The van der Waals surface area contributed by atoms with E-state index in [1.807, 2.05) is 13.8 Å². The van der Waals surface area contributed by atoms with Crippen LogP contribution in [0.15, 0.2) is 11.6 Å². The van der Waals surface area contributed by atoms with E-state index < -0.39 is 52.6 Å². The third kappa shape index (κ3) is 4.00. The highest BCUT2D eigenvalue weighted by Crippen LogP contribution is 2.64. The van der Waals surface area contributed by atoms with Crippen molar-refractivity contribution >= 4 is 23.7 Å². The summed E-state index contributed by atoms with van der Waals surface area (Å²) in [6.07, 6.45) is 1.70. The smallest absolute Gasteiger partial charge is 0.330 e. The number of carbonyl (C=O) groups excluding carboxylic acids is 4. The molecule has 3 fully saturated rings. The lowest BCUT2D eigenvalue weighted by Gasteiger charge is -2.62. The summed E-state index contributed by atoms with van der Waals surface area (Å²) in [4.78, 5) is 50.7. The first-order valence-electron chi connectivity index (χ1n) is 11.8. The Morgan fingerprint density at radius 2 is 1.88 bits per heavy atom. The molecule has 0 aromatic rings. The fourth-order valence-electron chi connectivity index (χ4n) is 7.13. The lowest BCUT2D eigenvalue weighted by atomic mass is 9.41. The zero-order valence-corrected chi connectivity index (χ0v) is 20.4. The molecule has 3 rings (SSSR count). The summed E-state index contributed by atoms with van der Waals surface area (Å²) in [6.45, 7) is 8.87. The SMILES string of the molecule is CCOC(=O)/C=C1\CC[C@H]2[C@@H]([C@@H](O)C(=O)C3[C@]2(C)CC[C@H](OC(C)=O)[C@]3(C)C(=O)OC)[C@H]1C. The molecule has 0 saturated heterocycles. The third-order valence-corrected chi connectivity index (χ3v) is 8.56. The molecule has 3 aliphatic rings. The number of ether oxygens (including phenoxy) is 3. The maximum Gasteiger partial charge on any atom is 0.330 e. The predicted molar refractivity (Wildman–Crippen MR) is 118 cm³/mol. The van der Waals surface area contributed by atoms with Gasteiger partial charge in [0.25, 0.3) is 0 Å². The van der Waals surface area contributed by atoms with Crippen molar-refractivity contribution in [3.63, 3.8) is 0 Å². The molecule has 0 bridgehead atoms. The summed E-state index contributed by atoms with van der Waals surface area (Å²) in [5.41, 5.74) is -1.13. The first-order valence-corrected chi connectivity index (χ1v) is 11.8. The fraction of sp³-hybridized carbons (Fsp3) is 0.760. The Bertz CT molecular complexity index is 862. The second-order valence-corrected chi connectivity index (χ2v) is 10.2. The summed E-state index contributed by atoms with van der Waals surface area (Å²) in [7, 11) is 1.26. The molecule has 0 aromatic heterocycles. The Kier molecular flexibility index (Phi) is 7.08. The minimum absolute atomic E-state index is 0.0493. The average Bonchev–Trinajstić information content (AvgIpc) is 2.75. The number of fused-ring (bicyclic) bond motifs is 3. The van der Waals surface area contributed by atoms with Gasteiger partial charge in [-0.15, -0.1) is 0 Å². The largest absolute Gasteiger partial charge is 0.468 e. The number of Topliss-reactive ketones (excluding diaryl/α,β-unsaturated/α-hetero) is 1. The number of hydrogen-bond donors (Lipinski definition) is 1. The van der Waals surface area contributed by atoms with E-state index in [-0.39, 0.29) is 24.4 Å². The van der Waals surface area contributed by atoms with Crippen LogP contribution in [-0.2, 0) is 33.4 Å². The summed E-state index contributed by atoms with van der Waals surface area (Å²) in [6, 6.07) is 0. The molecule has 0 radical (unpaired) electrons. The highest BCUT2D eigenvalue weighted by molar-refractivity contribution is 5.94. The van der Waals surface area contributed by atoms with E-state index in [2.05, 4.69) is 0 Å². The first kappa shape index (κ1) is 25.4. The van der Waals surface area contributed by atoms with Gasteiger partial charge in [0.15, 0.2) is 5.78 Å². The van der Waals surface area contributed by atoms with Gasteiger partial charge in [-0.1, -0.05) is 19.4 Å². The number of methoxy groups -OCH3 is 1. The molecule has 1 N–H and O–H groups in total. The molecule has 184 valence electrons. The molecule has 8 atom stereocenters. The summed E-state index contributed by atoms with van der Waals surface area (Å²) < 4.78 is 15.7. The van der Waals surface area contributed by atoms with E-state index in [0.29, 0.717) is 25.7 Å².